The van der Waals surface area contributed by atoms with E-state index in [1.807, 2.05) is 0 Å². The summed E-state index contributed by atoms with van der Waals surface area (Å²) in [6.07, 6.45) is 0.976. The number of aliphatic hydroxyl groups is 1. The Kier molecular flexibility index (Phi) is 2.24. The van der Waals surface area contributed by atoms with Gasteiger partial charge in [-0.1, -0.05) is 0 Å². The van der Waals surface area contributed by atoms with Crippen molar-refractivity contribution in [3.05, 3.63) is 0 Å². The van der Waals surface area contributed by atoms with Gasteiger partial charge in [-0.05, 0) is 0 Å². The van der Waals surface area contributed by atoms with E-state index in [9.17, 15) is 4.79 Å². The average molecular weight is 87.1 g/mol. The average Bonchev–Trinajstić information content (AvgIpc) is 1.65. The van der Waals surface area contributed by atoms with Crippen molar-refractivity contribution in [2.45, 2.75) is 0 Å². The van der Waals surface area contributed by atoms with Gasteiger partial charge >= 0.3 is 0 Å². The Labute approximate surface area is 34.6 Å². The molecule has 0 bridgehead atoms. The fraction of sp³-hybridized carbons (Fsp3) is 0.333. The van der Waals surface area contributed by atoms with Crippen molar-refractivity contribution in [3.8, 4) is 0 Å². The highest BCUT2D eigenvalue weighted by Gasteiger charge is 1.91. The molecule has 0 saturated carbocycles. The highest BCUT2D eigenvalue weighted by Crippen LogP contribution is 1.53. The summed E-state index contributed by atoms with van der Waals surface area (Å²) in [5.41, 5.74) is 0. The lowest BCUT2D eigenvalue weighted by molar-refractivity contribution is -0.115. The maximum Gasteiger partial charge on any atom is 0.274 e. The molecule has 33 valence electrons. The molecular formula is C3H3O3. The number of Topliss-reactive ketones (excluding diaryl/α,β-unsaturated/α-hetero) is 1. The van der Waals surface area contributed by atoms with Crippen molar-refractivity contribution in [3.63, 3.8) is 0 Å². The molecular weight excluding hydrogens is 84.0 g/mol. The molecule has 0 fully saturated rings. The van der Waals surface area contributed by atoms with Crippen LogP contribution >= 0.6 is 0 Å². The molecule has 0 spiro atoms. The second-order valence-electron chi connectivity index (χ2n) is 0.683. The monoisotopic (exact) mass is 87.0 g/mol. The third kappa shape index (κ3) is 1.60. The van der Waals surface area contributed by atoms with E-state index in [2.05, 4.69) is 0 Å². The van der Waals surface area contributed by atoms with Crippen LogP contribution in [0.1, 0.15) is 0 Å². The molecule has 3 nitrogen and oxygen atoms in total. The molecule has 0 unspecified atom stereocenters. The van der Waals surface area contributed by atoms with Gasteiger partial charge in [0.15, 0.2) is 0 Å². The first-order valence-electron chi connectivity index (χ1n) is 1.33. The van der Waals surface area contributed by atoms with Gasteiger partial charge < -0.3 is 5.11 Å². The molecule has 3 heteroatoms. The van der Waals surface area contributed by atoms with Crippen molar-refractivity contribution in [1.82, 2.24) is 0 Å². The summed E-state index contributed by atoms with van der Waals surface area (Å²) in [6, 6.07) is 0. The zero-order chi connectivity index (χ0) is 4.99. The summed E-state index contributed by atoms with van der Waals surface area (Å²) in [5.74, 6) is -0.907. The normalized spacial score (nSPS) is 7.50. The van der Waals surface area contributed by atoms with Crippen molar-refractivity contribution < 1.29 is 14.7 Å². The third-order valence-corrected chi connectivity index (χ3v) is 0.257. The van der Waals surface area contributed by atoms with Gasteiger partial charge in [0, 0.05) is 0 Å². The van der Waals surface area contributed by atoms with Crippen LogP contribution in [0.2, 0.25) is 0 Å². The molecule has 0 aromatic heterocycles. The van der Waals surface area contributed by atoms with Gasteiger partial charge in [0.1, 0.15) is 6.61 Å². The van der Waals surface area contributed by atoms with E-state index in [0.29, 0.717) is 0 Å². The summed E-state index contributed by atoms with van der Waals surface area (Å²) in [4.78, 5) is 18.6. The van der Waals surface area contributed by atoms with Gasteiger partial charge in [-0.15, -0.1) is 0 Å². The van der Waals surface area contributed by atoms with Gasteiger partial charge in [-0.2, -0.15) is 0 Å². The molecule has 0 saturated heterocycles. The van der Waals surface area contributed by atoms with Gasteiger partial charge in [0.05, 0.1) is 0 Å². The molecule has 1 radical (unpaired) electrons. The SMILES string of the molecule is O=[C]C(=O)CO. The fourth-order valence-electron chi connectivity index (χ4n) is 0.0323. The van der Waals surface area contributed by atoms with Gasteiger partial charge in [0.25, 0.3) is 6.29 Å². The van der Waals surface area contributed by atoms with Crippen molar-refractivity contribution in [2.75, 3.05) is 6.61 Å². The molecule has 0 aromatic rings. The first-order valence-corrected chi connectivity index (χ1v) is 1.33. The molecule has 0 aliphatic heterocycles. The summed E-state index contributed by atoms with van der Waals surface area (Å²) >= 11 is 0. The zero-order valence-corrected chi connectivity index (χ0v) is 2.97. The lowest BCUT2D eigenvalue weighted by atomic mass is 10.5. The van der Waals surface area contributed by atoms with E-state index in [-0.39, 0.29) is 0 Å². The minimum absolute atomic E-state index is 0.733. The largest absolute Gasteiger partial charge is 0.388 e. The predicted molar refractivity (Wildman–Crippen MR) is 17.8 cm³/mol. The minimum Gasteiger partial charge on any atom is -0.388 e. The Balaban J connectivity index is 3.23. The van der Waals surface area contributed by atoms with Crippen LogP contribution in [0.15, 0.2) is 0 Å². The van der Waals surface area contributed by atoms with Crippen LogP contribution in [-0.2, 0) is 9.59 Å². The van der Waals surface area contributed by atoms with E-state index in [1.54, 1.807) is 0 Å². The highest BCUT2D eigenvalue weighted by molar-refractivity contribution is 6.25. The van der Waals surface area contributed by atoms with Crippen LogP contribution in [0.4, 0.5) is 0 Å². The van der Waals surface area contributed by atoms with E-state index in [4.69, 9.17) is 9.90 Å². The van der Waals surface area contributed by atoms with E-state index in [1.165, 1.54) is 0 Å². The quantitative estimate of drug-likeness (QED) is 0.424. The van der Waals surface area contributed by atoms with Crippen LogP contribution in [0, 0.1) is 0 Å². The lowest BCUT2D eigenvalue weighted by Crippen LogP contribution is -2.02. The Bertz CT molecular complexity index is 66.4. The Morgan fingerprint density at radius 2 is 2.33 bits per heavy atom. The van der Waals surface area contributed by atoms with Crippen LogP contribution < -0.4 is 0 Å². The van der Waals surface area contributed by atoms with E-state index in [0.717, 1.165) is 6.29 Å². The van der Waals surface area contributed by atoms with Gasteiger partial charge in [-0.25, -0.2) is 0 Å². The fourth-order valence-corrected chi connectivity index (χ4v) is 0.0323. The summed E-state index contributed by atoms with van der Waals surface area (Å²) < 4.78 is 0. The van der Waals surface area contributed by atoms with E-state index >= 15 is 0 Å². The van der Waals surface area contributed by atoms with Crippen molar-refractivity contribution in [2.24, 2.45) is 0 Å². The second kappa shape index (κ2) is 2.53. The van der Waals surface area contributed by atoms with E-state index < -0.39 is 12.4 Å². The van der Waals surface area contributed by atoms with Crippen molar-refractivity contribution in [1.29, 1.82) is 0 Å². The smallest absolute Gasteiger partial charge is 0.274 e. The van der Waals surface area contributed by atoms with Gasteiger partial charge in [-0.3, -0.25) is 9.59 Å². The molecule has 0 aliphatic rings. The molecule has 0 heterocycles. The van der Waals surface area contributed by atoms with Crippen LogP contribution in [0.25, 0.3) is 0 Å². The standard InChI is InChI=1S/C3H3O3/c4-1-3(6)2-5/h4H,1H2. The zero-order valence-electron chi connectivity index (χ0n) is 2.97. The number of hydrogen-bond acceptors (Lipinski definition) is 3. The maximum absolute atomic E-state index is 9.51. The lowest BCUT2D eigenvalue weighted by Gasteiger charge is -1.70. The molecule has 0 atom stereocenters. The maximum atomic E-state index is 9.51. The molecule has 0 aromatic carbocycles. The molecule has 0 aliphatic carbocycles. The molecule has 1 N–H and O–H groups in total. The van der Waals surface area contributed by atoms with Crippen LogP contribution in [0.5, 0.6) is 0 Å². The highest BCUT2D eigenvalue weighted by atomic mass is 16.3. The number of carbonyl (C=O) groups excluding carboxylic acids is 2. The first-order chi connectivity index (χ1) is 2.81. The van der Waals surface area contributed by atoms with Gasteiger partial charge in [0.2, 0.25) is 5.78 Å². The first kappa shape index (κ1) is 5.30. The molecule has 0 amide bonds. The third-order valence-electron chi connectivity index (χ3n) is 0.257. The van der Waals surface area contributed by atoms with Crippen LogP contribution in [-0.4, -0.2) is 23.8 Å². The predicted octanol–water partition coefficient (Wildman–Crippen LogP) is -1.34. The second-order valence-corrected chi connectivity index (χ2v) is 0.683. The number of hydrogen-bond donors (Lipinski definition) is 1. The van der Waals surface area contributed by atoms with Crippen LogP contribution in [0.3, 0.4) is 0 Å². The molecule has 0 rings (SSSR count). The molecule has 6 heavy (non-hydrogen) atoms. The topological polar surface area (TPSA) is 54.4 Å². The Morgan fingerprint density at radius 3 is 2.33 bits per heavy atom. The van der Waals surface area contributed by atoms with Crippen molar-refractivity contribution >= 4 is 12.1 Å². The Hall–Kier alpha value is -0.700. The number of rotatable bonds is 2. The summed E-state index contributed by atoms with van der Waals surface area (Å²) in [7, 11) is 0. The Morgan fingerprint density at radius 1 is 1.83 bits per heavy atom. The summed E-state index contributed by atoms with van der Waals surface area (Å²) in [6.45, 7) is -0.733. The minimum atomic E-state index is -0.907. The number of ketones is 1. The summed E-state index contributed by atoms with van der Waals surface area (Å²) in [5, 5.41) is 7.72. The number of aliphatic hydroxyl groups excluding tert-OH is 1. The number of carbonyl (C=O) groups is 1.